The first-order valence-corrected chi connectivity index (χ1v) is 4.24. The zero-order valence-electron chi connectivity index (χ0n) is 7.18. The van der Waals surface area contributed by atoms with E-state index >= 15 is 0 Å². The molecule has 0 aromatic heterocycles. The van der Waals surface area contributed by atoms with Crippen molar-refractivity contribution in [2.75, 3.05) is 0 Å². The molecule has 0 heterocycles. The number of hydrogen-bond acceptors (Lipinski definition) is 1. The van der Waals surface area contributed by atoms with Crippen LogP contribution in [0.5, 0.6) is 0 Å². The number of ketones is 1. The van der Waals surface area contributed by atoms with Crippen molar-refractivity contribution in [3.63, 3.8) is 0 Å². The lowest BCUT2D eigenvalue weighted by Crippen LogP contribution is -2.53. The molecular formula is C10H14O. The number of fused-ring (bicyclic) bond motifs is 2. The Kier molecular flexibility index (Phi) is 1.14. The van der Waals surface area contributed by atoms with Crippen LogP contribution in [0.1, 0.15) is 26.7 Å². The number of carbonyl (C=O) groups excluding carboxylic acids is 1. The number of rotatable bonds is 0. The summed E-state index contributed by atoms with van der Waals surface area (Å²) in [4.78, 5) is 11.4. The lowest BCUT2D eigenvalue weighted by molar-refractivity contribution is -0.141. The Bertz CT molecular complexity index is 215. The van der Waals surface area contributed by atoms with Crippen molar-refractivity contribution in [2.24, 2.45) is 17.3 Å². The Labute approximate surface area is 67.5 Å². The van der Waals surface area contributed by atoms with Crippen LogP contribution in [0.2, 0.25) is 0 Å². The van der Waals surface area contributed by atoms with E-state index in [-0.39, 0.29) is 5.41 Å². The third-order valence-electron chi connectivity index (χ3n) is 3.55. The van der Waals surface area contributed by atoms with E-state index in [9.17, 15) is 4.79 Å². The van der Waals surface area contributed by atoms with E-state index in [4.69, 9.17) is 0 Å². The average Bonchev–Trinajstić information content (AvgIpc) is 1.84. The van der Waals surface area contributed by atoms with Crippen molar-refractivity contribution in [3.05, 3.63) is 12.2 Å². The maximum Gasteiger partial charge on any atom is 0.140 e. The van der Waals surface area contributed by atoms with Crippen molar-refractivity contribution in [2.45, 2.75) is 26.7 Å². The van der Waals surface area contributed by atoms with Gasteiger partial charge in [0.25, 0.3) is 0 Å². The van der Waals surface area contributed by atoms with Gasteiger partial charge in [-0.05, 0) is 17.8 Å². The van der Waals surface area contributed by atoms with Crippen LogP contribution in [0.4, 0.5) is 0 Å². The highest BCUT2D eigenvalue weighted by Crippen LogP contribution is 2.59. The second-order valence-electron chi connectivity index (χ2n) is 4.46. The minimum absolute atomic E-state index is 0.229. The van der Waals surface area contributed by atoms with E-state index in [2.05, 4.69) is 20.4 Å². The van der Waals surface area contributed by atoms with E-state index in [0.717, 1.165) is 6.42 Å². The molecule has 11 heavy (non-hydrogen) atoms. The normalized spacial score (nSPS) is 40.2. The predicted molar refractivity (Wildman–Crippen MR) is 44.1 cm³/mol. The second kappa shape index (κ2) is 1.77. The van der Waals surface area contributed by atoms with E-state index in [1.165, 1.54) is 5.57 Å². The molecule has 0 aromatic rings. The molecule has 3 aliphatic carbocycles. The van der Waals surface area contributed by atoms with Gasteiger partial charge in [-0.15, -0.1) is 0 Å². The summed E-state index contributed by atoms with van der Waals surface area (Å²) >= 11 is 0. The first kappa shape index (κ1) is 7.08. The van der Waals surface area contributed by atoms with Gasteiger partial charge < -0.3 is 0 Å². The Morgan fingerprint density at radius 3 is 2.45 bits per heavy atom. The molecule has 0 aliphatic heterocycles. The summed E-state index contributed by atoms with van der Waals surface area (Å²) in [6.45, 7) is 8.34. The monoisotopic (exact) mass is 150 g/mol. The standard InChI is InChI=1S/C10H14O/c1-6-4-9(11)8-5-7(6)10(8,2)3/h7-8H,1,4-5H2,2-3H3/t7-,8+/m0/s1. The summed E-state index contributed by atoms with van der Waals surface area (Å²) < 4.78 is 0. The van der Waals surface area contributed by atoms with Gasteiger partial charge in [0.15, 0.2) is 0 Å². The van der Waals surface area contributed by atoms with Crippen LogP contribution in [-0.4, -0.2) is 5.78 Å². The van der Waals surface area contributed by atoms with Gasteiger partial charge in [0, 0.05) is 12.3 Å². The highest BCUT2D eigenvalue weighted by molar-refractivity contribution is 5.87. The molecule has 0 saturated heterocycles. The predicted octanol–water partition coefficient (Wildman–Crippen LogP) is 2.18. The molecule has 0 radical (unpaired) electrons. The lowest BCUT2D eigenvalue weighted by Gasteiger charge is -2.56. The average molecular weight is 150 g/mol. The van der Waals surface area contributed by atoms with E-state index in [1.807, 2.05) is 0 Å². The molecule has 60 valence electrons. The molecule has 3 rings (SSSR count). The third kappa shape index (κ3) is 0.688. The van der Waals surface area contributed by atoms with Crippen LogP contribution in [0.25, 0.3) is 0 Å². The molecule has 0 amide bonds. The summed E-state index contributed by atoms with van der Waals surface area (Å²) in [5.74, 6) is 1.39. The van der Waals surface area contributed by atoms with E-state index < -0.39 is 0 Å². The van der Waals surface area contributed by atoms with E-state index in [1.54, 1.807) is 0 Å². The van der Waals surface area contributed by atoms with Crippen LogP contribution < -0.4 is 0 Å². The van der Waals surface area contributed by atoms with Crippen LogP contribution in [0.15, 0.2) is 12.2 Å². The van der Waals surface area contributed by atoms with Gasteiger partial charge in [-0.3, -0.25) is 4.79 Å². The van der Waals surface area contributed by atoms with Crippen LogP contribution in [0, 0.1) is 17.3 Å². The van der Waals surface area contributed by atoms with Crippen molar-refractivity contribution in [1.82, 2.24) is 0 Å². The zero-order valence-corrected chi connectivity index (χ0v) is 7.18. The molecule has 0 N–H and O–H groups in total. The van der Waals surface area contributed by atoms with Gasteiger partial charge >= 0.3 is 0 Å². The van der Waals surface area contributed by atoms with Gasteiger partial charge in [-0.2, -0.15) is 0 Å². The second-order valence-corrected chi connectivity index (χ2v) is 4.46. The Balaban J connectivity index is 2.33. The highest BCUT2D eigenvalue weighted by atomic mass is 16.1. The van der Waals surface area contributed by atoms with Crippen molar-refractivity contribution < 1.29 is 4.79 Å². The van der Waals surface area contributed by atoms with Crippen molar-refractivity contribution >= 4 is 5.78 Å². The van der Waals surface area contributed by atoms with Gasteiger partial charge in [-0.1, -0.05) is 26.0 Å². The molecule has 3 saturated carbocycles. The minimum Gasteiger partial charge on any atom is -0.299 e. The Morgan fingerprint density at radius 1 is 1.45 bits per heavy atom. The minimum atomic E-state index is 0.229. The van der Waals surface area contributed by atoms with E-state index in [0.29, 0.717) is 24.0 Å². The number of carbonyl (C=O) groups is 1. The maximum atomic E-state index is 11.4. The smallest absolute Gasteiger partial charge is 0.140 e. The molecule has 3 fully saturated rings. The van der Waals surface area contributed by atoms with Crippen LogP contribution in [-0.2, 0) is 4.79 Å². The first-order valence-electron chi connectivity index (χ1n) is 4.24. The summed E-state index contributed by atoms with van der Waals surface area (Å²) in [6.07, 6.45) is 1.73. The summed E-state index contributed by atoms with van der Waals surface area (Å²) in [7, 11) is 0. The molecule has 0 spiro atoms. The fraction of sp³-hybridized carbons (Fsp3) is 0.700. The van der Waals surface area contributed by atoms with Crippen molar-refractivity contribution in [3.8, 4) is 0 Å². The fourth-order valence-electron chi connectivity index (χ4n) is 2.63. The molecule has 3 aliphatic rings. The van der Waals surface area contributed by atoms with Gasteiger partial charge in [0.2, 0.25) is 0 Å². The third-order valence-corrected chi connectivity index (χ3v) is 3.55. The number of Topliss-reactive ketones (excluding diaryl/α,β-unsaturated/α-hetero) is 1. The SMILES string of the molecule is C=C1CC(=O)[C@H]2C[C@@H]1C2(C)C. The lowest BCUT2D eigenvalue weighted by atomic mass is 9.47. The molecule has 1 nitrogen and oxygen atoms in total. The first-order chi connectivity index (χ1) is 5.03. The number of allylic oxidation sites excluding steroid dienone is 1. The topological polar surface area (TPSA) is 17.1 Å². The molecule has 1 heteroatoms. The number of hydrogen-bond donors (Lipinski definition) is 0. The van der Waals surface area contributed by atoms with Crippen LogP contribution in [0.3, 0.4) is 0 Å². The Morgan fingerprint density at radius 2 is 2.09 bits per heavy atom. The summed E-state index contributed by atoms with van der Waals surface area (Å²) in [6, 6.07) is 0. The zero-order chi connectivity index (χ0) is 8.22. The van der Waals surface area contributed by atoms with Gasteiger partial charge in [0.1, 0.15) is 5.78 Å². The largest absolute Gasteiger partial charge is 0.299 e. The summed E-state index contributed by atoms with van der Waals surface area (Å²) in [5, 5.41) is 0. The van der Waals surface area contributed by atoms with Crippen molar-refractivity contribution in [1.29, 1.82) is 0 Å². The van der Waals surface area contributed by atoms with Gasteiger partial charge in [0.05, 0.1) is 0 Å². The van der Waals surface area contributed by atoms with Gasteiger partial charge in [-0.25, -0.2) is 0 Å². The molecule has 2 bridgehead atoms. The molecule has 2 atom stereocenters. The molecular weight excluding hydrogens is 136 g/mol. The molecule has 0 unspecified atom stereocenters. The Hall–Kier alpha value is -0.590. The highest BCUT2D eigenvalue weighted by Gasteiger charge is 2.55. The fourth-order valence-corrected chi connectivity index (χ4v) is 2.63. The van der Waals surface area contributed by atoms with Crippen LogP contribution >= 0.6 is 0 Å². The summed E-state index contributed by atoms with van der Waals surface area (Å²) in [5.41, 5.74) is 1.40. The molecule has 0 aromatic carbocycles. The maximum absolute atomic E-state index is 11.4. The quantitative estimate of drug-likeness (QED) is 0.484.